The van der Waals surface area contributed by atoms with Crippen molar-refractivity contribution in [1.82, 2.24) is 20.5 Å². The van der Waals surface area contributed by atoms with Gasteiger partial charge in [0, 0.05) is 43.9 Å². The number of hydrogen-bond donors (Lipinski definition) is 2. The molecular weight excluding hydrogens is 378 g/mol. The number of likely N-dealkylation sites (N-methyl/N-ethyl adjacent to an activating group) is 1. The van der Waals surface area contributed by atoms with Crippen LogP contribution in [0.25, 0.3) is 0 Å². The average Bonchev–Trinajstić information content (AvgIpc) is 2.72. The average molecular weight is 404 g/mol. The van der Waals surface area contributed by atoms with E-state index in [4.69, 9.17) is 16.3 Å². The second kappa shape index (κ2) is 10.1. The molecule has 150 valence electrons. The van der Waals surface area contributed by atoms with Crippen molar-refractivity contribution in [2.24, 2.45) is 0 Å². The van der Waals surface area contributed by atoms with Crippen LogP contribution in [-0.2, 0) is 6.54 Å². The van der Waals surface area contributed by atoms with Crippen molar-refractivity contribution < 1.29 is 9.53 Å². The molecule has 2 amide bonds. The zero-order chi connectivity index (χ0) is 19.8. The summed E-state index contributed by atoms with van der Waals surface area (Å²) in [5.74, 6) is 1.68. The number of piperazine rings is 1. The highest BCUT2D eigenvalue weighted by atomic mass is 35.5. The molecule has 7 nitrogen and oxygen atoms in total. The molecule has 0 radical (unpaired) electrons. The number of nitrogens with one attached hydrogen (secondary N) is 2. The highest BCUT2D eigenvalue weighted by Crippen LogP contribution is 2.15. The van der Waals surface area contributed by atoms with Crippen LogP contribution < -0.4 is 20.3 Å². The minimum atomic E-state index is -0.224. The number of halogens is 1. The maximum atomic E-state index is 12.0. The monoisotopic (exact) mass is 403 g/mol. The van der Waals surface area contributed by atoms with E-state index in [2.05, 4.69) is 32.5 Å². The fourth-order valence-electron chi connectivity index (χ4n) is 2.89. The van der Waals surface area contributed by atoms with Crippen LogP contribution in [0.3, 0.4) is 0 Å². The summed E-state index contributed by atoms with van der Waals surface area (Å²) in [4.78, 5) is 21.0. The first-order valence-electron chi connectivity index (χ1n) is 9.38. The van der Waals surface area contributed by atoms with Crippen LogP contribution in [0.4, 0.5) is 10.6 Å². The quantitative estimate of drug-likeness (QED) is 0.694. The Bertz CT molecular complexity index is 763. The third kappa shape index (κ3) is 6.28. The maximum Gasteiger partial charge on any atom is 0.315 e. The predicted molar refractivity (Wildman–Crippen MR) is 111 cm³/mol. The first-order valence-corrected chi connectivity index (χ1v) is 9.76. The first-order chi connectivity index (χ1) is 13.6. The molecular formula is C20H26ClN5O2. The first kappa shape index (κ1) is 20.2. The van der Waals surface area contributed by atoms with Crippen LogP contribution in [0.5, 0.6) is 5.75 Å². The van der Waals surface area contributed by atoms with Gasteiger partial charge in [-0.15, -0.1) is 0 Å². The molecule has 1 aromatic carbocycles. The van der Waals surface area contributed by atoms with Crippen molar-refractivity contribution in [3.63, 3.8) is 0 Å². The van der Waals surface area contributed by atoms with Gasteiger partial charge in [0.2, 0.25) is 0 Å². The van der Waals surface area contributed by atoms with Crippen molar-refractivity contribution in [3.8, 4) is 5.75 Å². The zero-order valence-corrected chi connectivity index (χ0v) is 16.8. The van der Waals surface area contributed by atoms with E-state index in [1.807, 2.05) is 12.1 Å². The van der Waals surface area contributed by atoms with Gasteiger partial charge in [-0.2, -0.15) is 0 Å². The molecule has 1 aliphatic heterocycles. The lowest BCUT2D eigenvalue weighted by Crippen LogP contribution is -2.44. The minimum absolute atomic E-state index is 0.224. The SMILES string of the molecule is CN1CCN(c2cc(CNC(=O)NCCOc3ccc(Cl)cc3)ccn2)CC1. The number of nitrogens with zero attached hydrogens (tertiary/aromatic N) is 3. The number of aromatic nitrogens is 1. The van der Waals surface area contributed by atoms with Gasteiger partial charge in [0.1, 0.15) is 18.2 Å². The highest BCUT2D eigenvalue weighted by molar-refractivity contribution is 6.30. The van der Waals surface area contributed by atoms with Crippen molar-refractivity contribution in [2.75, 3.05) is 51.3 Å². The summed E-state index contributed by atoms with van der Waals surface area (Å²) in [6.07, 6.45) is 1.79. The van der Waals surface area contributed by atoms with Crippen LogP contribution in [0.2, 0.25) is 5.02 Å². The second-order valence-electron chi connectivity index (χ2n) is 6.72. The smallest absolute Gasteiger partial charge is 0.315 e. The Morgan fingerprint density at radius 2 is 1.89 bits per heavy atom. The Hall–Kier alpha value is -2.51. The molecule has 1 aliphatic rings. The molecule has 1 saturated heterocycles. The van der Waals surface area contributed by atoms with E-state index >= 15 is 0 Å². The van der Waals surface area contributed by atoms with Gasteiger partial charge in [-0.05, 0) is 49.0 Å². The third-order valence-electron chi connectivity index (χ3n) is 4.56. The van der Waals surface area contributed by atoms with E-state index in [0.29, 0.717) is 24.7 Å². The van der Waals surface area contributed by atoms with Crippen LogP contribution in [0.1, 0.15) is 5.56 Å². The fourth-order valence-corrected chi connectivity index (χ4v) is 3.01. The van der Waals surface area contributed by atoms with Gasteiger partial charge in [-0.3, -0.25) is 0 Å². The summed E-state index contributed by atoms with van der Waals surface area (Å²) >= 11 is 5.83. The topological polar surface area (TPSA) is 69.7 Å². The van der Waals surface area contributed by atoms with E-state index in [9.17, 15) is 4.79 Å². The van der Waals surface area contributed by atoms with Gasteiger partial charge in [0.15, 0.2) is 0 Å². The maximum absolute atomic E-state index is 12.0. The Balaban J connectivity index is 1.37. The minimum Gasteiger partial charge on any atom is -0.492 e. The Morgan fingerprint density at radius 1 is 1.14 bits per heavy atom. The Labute approximate surface area is 170 Å². The van der Waals surface area contributed by atoms with Crippen LogP contribution in [0.15, 0.2) is 42.6 Å². The number of urea groups is 1. The standard InChI is InChI=1S/C20H26ClN5O2/c1-25-9-11-26(12-10-25)19-14-16(6-7-22-19)15-24-20(27)23-8-13-28-18-4-2-17(21)3-5-18/h2-7,14H,8-13,15H2,1H3,(H2,23,24,27). The van der Waals surface area contributed by atoms with Gasteiger partial charge in [-0.25, -0.2) is 9.78 Å². The molecule has 2 N–H and O–H groups in total. The highest BCUT2D eigenvalue weighted by Gasteiger charge is 2.15. The molecule has 2 aromatic rings. The van der Waals surface area contributed by atoms with Gasteiger partial charge in [0.05, 0.1) is 6.54 Å². The molecule has 0 unspecified atom stereocenters. The van der Waals surface area contributed by atoms with Crippen LogP contribution in [-0.4, -0.2) is 62.3 Å². The number of hydrogen-bond acceptors (Lipinski definition) is 5. The van der Waals surface area contributed by atoms with E-state index in [0.717, 1.165) is 43.3 Å². The van der Waals surface area contributed by atoms with Crippen LogP contribution >= 0.6 is 11.6 Å². The molecule has 1 fully saturated rings. The number of carbonyl (C=O) groups excluding carboxylic acids is 1. The number of benzene rings is 1. The summed E-state index contributed by atoms with van der Waals surface area (Å²) in [6, 6.07) is 10.9. The van der Waals surface area contributed by atoms with Gasteiger partial charge in [-0.1, -0.05) is 11.6 Å². The predicted octanol–water partition coefficient (Wildman–Crippen LogP) is 2.37. The number of pyridine rings is 1. The molecule has 0 spiro atoms. The molecule has 0 atom stereocenters. The Kier molecular flexibility index (Phi) is 7.33. The zero-order valence-electron chi connectivity index (χ0n) is 16.0. The molecule has 1 aromatic heterocycles. The number of ether oxygens (including phenoxy) is 1. The fraction of sp³-hybridized carbons (Fsp3) is 0.400. The summed E-state index contributed by atoms with van der Waals surface area (Å²) in [7, 11) is 2.13. The molecule has 0 aliphatic carbocycles. The summed E-state index contributed by atoms with van der Waals surface area (Å²) in [5.41, 5.74) is 1.02. The van der Waals surface area contributed by atoms with E-state index in [1.165, 1.54) is 0 Å². The van der Waals surface area contributed by atoms with Gasteiger partial charge in [0.25, 0.3) is 0 Å². The van der Waals surface area contributed by atoms with Gasteiger partial charge >= 0.3 is 6.03 Å². The molecule has 0 bridgehead atoms. The van der Waals surface area contributed by atoms with E-state index in [1.54, 1.807) is 30.5 Å². The molecule has 3 rings (SSSR count). The molecule has 28 heavy (non-hydrogen) atoms. The van der Waals surface area contributed by atoms with Gasteiger partial charge < -0.3 is 25.2 Å². The summed E-state index contributed by atoms with van der Waals surface area (Å²) in [5, 5.41) is 6.31. The number of rotatable bonds is 7. The second-order valence-corrected chi connectivity index (χ2v) is 7.16. The van der Waals surface area contributed by atoms with Crippen molar-refractivity contribution in [1.29, 1.82) is 0 Å². The Morgan fingerprint density at radius 3 is 2.64 bits per heavy atom. The van der Waals surface area contributed by atoms with E-state index < -0.39 is 0 Å². The number of carbonyl (C=O) groups is 1. The number of anilines is 1. The third-order valence-corrected chi connectivity index (χ3v) is 4.81. The van der Waals surface area contributed by atoms with Crippen molar-refractivity contribution in [2.45, 2.75) is 6.54 Å². The molecule has 0 saturated carbocycles. The molecule has 2 heterocycles. The lowest BCUT2D eigenvalue weighted by Gasteiger charge is -2.33. The summed E-state index contributed by atoms with van der Waals surface area (Å²) in [6.45, 7) is 5.25. The van der Waals surface area contributed by atoms with Crippen molar-refractivity contribution >= 4 is 23.4 Å². The largest absolute Gasteiger partial charge is 0.492 e. The normalized spacial score (nSPS) is 14.6. The lowest BCUT2D eigenvalue weighted by atomic mass is 10.2. The summed E-state index contributed by atoms with van der Waals surface area (Å²) < 4.78 is 5.55. The van der Waals surface area contributed by atoms with Crippen molar-refractivity contribution in [3.05, 3.63) is 53.2 Å². The molecule has 8 heteroatoms. The number of amides is 2. The van der Waals surface area contributed by atoms with Crippen LogP contribution in [0, 0.1) is 0 Å². The lowest BCUT2D eigenvalue weighted by molar-refractivity contribution is 0.236. The van der Waals surface area contributed by atoms with E-state index in [-0.39, 0.29) is 6.03 Å².